The molecule has 3 heterocycles. The number of nitrogens with one attached hydrogen (secondary N) is 1. The molecule has 162 valence electrons. The van der Waals surface area contributed by atoms with Gasteiger partial charge >= 0.3 is 0 Å². The van der Waals surface area contributed by atoms with E-state index in [0.29, 0.717) is 17.3 Å². The van der Waals surface area contributed by atoms with Gasteiger partial charge in [-0.2, -0.15) is 0 Å². The van der Waals surface area contributed by atoms with Gasteiger partial charge in [-0.3, -0.25) is 4.79 Å². The highest BCUT2D eigenvalue weighted by molar-refractivity contribution is 6.05. The van der Waals surface area contributed by atoms with E-state index in [1.165, 1.54) is 18.2 Å². The van der Waals surface area contributed by atoms with E-state index in [0.717, 1.165) is 24.1 Å². The Hall–Kier alpha value is -3.81. The van der Waals surface area contributed by atoms with Crippen molar-refractivity contribution in [2.45, 2.75) is 31.8 Å². The number of alkyl halides is 2. The zero-order valence-electron chi connectivity index (χ0n) is 17.0. The largest absolute Gasteiger partial charge is 0.488 e. The summed E-state index contributed by atoms with van der Waals surface area (Å²) in [5.41, 5.74) is 2.49. The van der Waals surface area contributed by atoms with Crippen LogP contribution in [-0.2, 0) is 6.61 Å². The number of ether oxygens (including phenoxy) is 1. The molecular formula is C24H20F2N4O2. The fourth-order valence-corrected chi connectivity index (χ4v) is 3.46. The summed E-state index contributed by atoms with van der Waals surface area (Å²) in [4.78, 5) is 21.6. The second-order valence-electron chi connectivity index (χ2n) is 7.73. The van der Waals surface area contributed by atoms with Gasteiger partial charge in [-0.15, -0.1) is 0 Å². The van der Waals surface area contributed by atoms with Gasteiger partial charge < -0.3 is 14.5 Å². The Morgan fingerprint density at radius 2 is 1.91 bits per heavy atom. The molecule has 1 aliphatic rings. The number of anilines is 1. The van der Waals surface area contributed by atoms with Crippen molar-refractivity contribution < 1.29 is 18.3 Å². The summed E-state index contributed by atoms with van der Waals surface area (Å²) in [5, 5.41) is 2.60. The van der Waals surface area contributed by atoms with E-state index in [4.69, 9.17) is 4.74 Å². The van der Waals surface area contributed by atoms with Crippen molar-refractivity contribution in [2.75, 3.05) is 5.32 Å². The van der Waals surface area contributed by atoms with Crippen molar-refractivity contribution in [3.8, 4) is 5.75 Å². The number of hydrogen-bond acceptors (Lipinski definition) is 4. The lowest BCUT2D eigenvalue weighted by Crippen LogP contribution is -2.16. The first-order valence-electron chi connectivity index (χ1n) is 10.3. The average Bonchev–Trinajstić information content (AvgIpc) is 3.57. The fraction of sp³-hybridized carbons (Fsp3) is 0.208. The molecule has 8 heteroatoms. The Balaban J connectivity index is 1.47. The van der Waals surface area contributed by atoms with Gasteiger partial charge in [0.1, 0.15) is 29.5 Å². The molecule has 1 saturated carbocycles. The molecule has 0 radical (unpaired) electrons. The van der Waals surface area contributed by atoms with Gasteiger partial charge in [-0.25, -0.2) is 18.7 Å². The number of fused-ring (bicyclic) bond motifs is 1. The van der Waals surface area contributed by atoms with Crippen molar-refractivity contribution in [1.29, 1.82) is 0 Å². The fourth-order valence-electron chi connectivity index (χ4n) is 3.46. The van der Waals surface area contributed by atoms with Crippen LogP contribution in [0.25, 0.3) is 5.65 Å². The van der Waals surface area contributed by atoms with Gasteiger partial charge in [-0.05, 0) is 30.5 Å². The van der Waals surface area contributed by atoms with Crippen LogP contribution in [0.1, 0.15) is 52.5 Å². The van der Waals surface area contributed by atoms with Crippen LogP contribution < -0.4 is 10.1 Å². The molecule has 1 aromatic carbocycles. The second kappa shape index (κ2) is 8.37. The molecule has 0 spiro atoms. The van der Waals surface area contributed by atoms with E-state index in [2.05, 4.69) is 15.3 Å². The minimum absolute atomic E-state index is 0.0474. The van der Waals surface area contributed by atoms with Crippen LogP contribution in [0.5, 0.6) is 5.75 Å². The summed E-state index contributed by atoms with van der Waals surface area (Å²) in [5.74, 6) is 0.362. The number of carbonyl (C=O) groups excluding carboxylic acids is 1. The van der Waals surface area contributed by atoms with E-state index in [9.17, 15) is 13.6 Å². The van der Waals surface area contributed by atoms with Crippen LogP contribution in [0, 0.1) is 0 Å². The van der Waals surface area contributed by atoms with E-state index < -0.39 is 18.0 Å². The normalized spacial score (nSPS) is 13.5. The highest BCUT2D eigenvalue weighted by Crippen LogP contribution is 2.39. The van der Waals surface area contributed by atoms with Crippen molar-refractivity contribution in [1.82, 2.24) is 14.4 Å². The predicted octanol–water partition coefficient (Wildman–Crippen LogP) is 5.38. The molecule has 0 aliphatic heterocycles. The van der Waals surface area contributed by atoms with Gasteiger partial charge in [0.05, 0.1) is 11.3 Å². The molecule has 1 fully saturated rings. The highest BCUT2D eigenvalue weighted by Gasteiger charge is 2.27. The van der Waals surface area contributed by atoms with Crippen LogP contribution in [0.3, 0.4) is 0 Å². The maximum absolute atomic E-state index is 13.1. The molecule has 1 N–H and O–H groups in total. The number of carbonyl (C=O) groups is 1. The Labute approximate surface area is 182 Å². The molecule has 0 bridgehead atoms. The number of rotatable bonds is 7. The first kappa shape index (κ1) is 20.1. The lowest BCUT2D eigenvalue weighted by molar-refractivity contribution is 0.102. The summed E-state index contributed by atoms with van der Waals surface area (Å²) in [7, 11) is 0. The van der Waals surface area contributed by atoms with Crippen LogP contribution in [0.4, 0.5) is 14.6 Å². The predicted molar refractivity (Wildman–Crippen MR) is 115 cm³/mol. The number of pyridine rings is 2. The summed E-state index contributed by atoms with van der Waals surface area (Å²) in [6, 6.07) is 15.4. The van der Waals surface area contributed by atoms with Gasteiger partial charge in [0.25, 0.3) is 12.3 Å². The number of aromatic nitrogens is 3. The van der Waals surface area contributed by atoms with Gasteiger partial charge in [0.2, 0.25) is 0 Å². The maximum Gasteiger partial charge on any atom is 0.280 e. The number of nitrogens with zero attached hydrogens (tertiary/aromatic N) is 3. The molecule has 1 aliphatic carbocycles. The van der Waals surface area contributed by atoms with Gasteiger partial charge in [0.15, 0.2) is 0 Å². The number of imidazole rings is 1. The van der Waals surface area contributed by atoms with Crippen LogP contribution in [-0.4, -0.2) is 20.3 Å². The zero-order chi connectivity index (χ0) is 22.1. The van der Waals surface area contributed by atoms with Crippen molar-refractivity contribution >= 4 is 17.4 Å². The molecule has 3 aromatic heterocycles. The van der Waals surface area contributed by atoms with Crippen molar-refractivity contribution in [2.24, 2.45) is 0 Å². The number of amides is 1. The van der Waals surface area contributed by atoms with Crippen LogP contribution in [0.2, 0.25) is 0 Å². The Morgan fingerprint density at radius 3 is 2.66 bits per heavy atom. The molecule has 4 aromatic rings. The standard InChI is InChI=1S/C24H20F2N4O2/c25-23(26)18-7-4-8-21(27-18)29-24(31)17-12-30-13-19(16-9-10-16)28-22(30)11-20(17)32-14-15-5-2-1-3-6-15/h1-8,11-13,16,23H,9-10,14H2,(H,27,29,31). The number of hydrogen-bond donors (Lipinski definition) is 1. The Bertz CT molecular complexity index is 1270. The molecule has 0 unspecified atom stereocenters. The van der Waals surface area contributed by atoms with Crippen molar-refractivity contribution in [3.05, 3.63) is 89.5 Å². The molecule has 1 amide bonds. The topological polar surface area (TPSA) is 68.5 Å². The highest BCUT2D eigenvalue weighted by atomic mass is 19.3. The van der Waals surface area contributed by atoms with E-state index >= 15 is 0 Å². The summed E-state index contributed by atoms with van der Waals surface area (Å²) >= 11 is 0. The van der Waals surface area contributed by atoms with Gasteiger partial charge in [0, 0.05) is 24.4 Å². The molecule has 32 heavy (non-hydrogen) atoms. The third-order valence-electron chi connectivity index (χ3n) is 5.29. The third kappa shape index (κ3) is 4.30. The molecular weight excluding hydrogens is 414 g/mol. The molecule has 0 atom stereocenters. The van der Waals surface area contributed by atoms with Crippen LogP contribution >= 0.6 is 0 Å². The average molecular weight is 434 g/mol. The minimum Gasteiger partial charge on any atom is -0.488 e. The van der Waals surface area contributed by atoms with E-state index in [1.807, 2.05) is 36.5 Å². The number of benzene rings is 1. The smallest absolute Gasteiger partial charge is 0.280 e. The van der Waals surface area contributed by atoms with E-state index in [1.54, 1.807) is 16.7 Å². The number of halogens is 2. The Kier molecular flexibility index (Phi) is 5.26. The minimum atomic E-state index is -2.72. The molecule has 0 saturated heterocycles. The van der Waals surface area contributed by atoms with E-state index in [-0.39, 0.29) is 18.0 Å². The van der Waals surface area contributed by atoms with Gasteiger partial charge in [-0.1, -0.05) is 36.4 Å². The first-order valence-corrected chi connectivity index (χ1v) is 10.3. The first-order chi connectivity index (χ1) is 15.6. The summed E-state index contributed by atoms with van der Waals surface area (Å²) < 4.78 is 33.7. The summed E-state index contributed by atoms with van der Waals surface area (Å²) in [6.45, 7) is 0.270. The third-order valence-corrected chi connectivity index (χ3v) is 5.29. The second-order valence-corrected chi connectivity index (χ2v) is 7.73. The lowest BCUT2D eigenvalue weighted by atomic mass is 10.2. The lowest BCUT2D eigenvalue weighted by Gasteiger charge is -2.13. The maximum atomic E-state index is 13.1. The molecule has 5 rings (SSSR count). The monoisotopic (exact) mass is 434 g/mol. The van der Waals surface area contributed by atoms with Crippen molar-refractivity contribution in [3.63, 3.8) is 0 Å². The van der Waals surface area contributed by atoms with Crippen LogP contribution in [0.15, 0.2) is 67.0 Å². The molecule has 6 nitrogen and oxygen atoms in total. The SMILES string of the molecule is O=C(Nc1cccc(C(F)F)n1)c1cn2cc(C3CC3)nc2cc1OCc1ccccc1. The Morgan fingerprint density at radius 1 is 1.09 bits per heavy atom. The quantitative estimate of drug-likeness (QED) is 0.424. The summed E-state index contributed by atoms with van der Waals surface area (Å²) in [6.07, 6.45) is 3.07. The zero-order valence-corrected chi connectivity index (χ0v) is 17.0.